The van der Waals surface area contributed by atoms with Gasteiger partial charge in [0.2, 0.25) is 6.23 Å². The molecule has 19 heavy (non-hydrogen) atoms. The Labute approximate surface area is 116 Å². The Morgan fingerprint density at radius 3 is 2.21 bits per heavy atom. The number of unbranched alkanes of at least 4 members (excludes halogenated alkanes) is 3. The second-order valence-corrected chi connectivity index (χ2v) is 6.73. The van der Waals surface area contributed by atoms with Crippen LogP contribution in [0, 0.1) is 0 Å². The molecule has 0 saturated carbocycles. The molecule has 8 heteroatoms. The summed E-state index contributed by atoms with van der Waals surface area (Å²) < 4.78 is 22.1. The van der Waals surface area contributed by atoms with Gasteiger partial charge in [0.1, 0.15) is 0 Å². The largest absolute Gasteiger partial charge is 0.870 e. The van der Waals surface area contributed by atoms with E-state index in [4.69, 9.17) is 14.8 Å². The second-order valence-electron chi connectivity index (χ2n) is 5.33. The van der Waals surface area contributed by atoms with Gasteiger partial charge in [0.05, 0.1) is 27.7 Å². The molecule has 0 aliphatic carbocycles. The van der Waals surface area contributed by atoms with Crippen molar-refractivity contribution in [2.24, 2.45) is 5.73 Å². The molecule has 0 fully saturated rings. The Hall–Kier alpha value is -0.0100. The standard InChI is InChI=1S/C11H27N2O4P.H2O/c1-11(13(2,3)4)17-18(14,15)16-10-8-6-5-7-9-12;/h11H,5-10,12H2,1-4H3;1H2. The van der Waals surface area contributed by atoms with Crippen molar-refractivity contribution >= 4 is 7.82 Å². The van der Waals surface area contributed by atoms with E-state index in [0.29, 0.717) is 11.0 Å². The van der Waals surface area contributed by atoms with Gasteiger partial charge in [0.15, 0.2) is 0 Å². The summed E-state index contributed by atoms with van der Waals surface area (Å²) in [4.78, 5) is 9.53. The highest BCUT2D eigenvalue weighted by Gasteiger charge is 2.30. The molecule has 0 aromatic rings. The highest BCUT2D eigenvalue weighted by atomic mass is 31.2. The fourth-order valence-electron chi connectivity index (χ4n) is 1.14. The van der Waals surface area contributed by atoms with Crippen molar-refractivity contribution in [3.05, 3.63) is 0 Å². The van der Waals surface area contributed by atoms with E-state index in [1.807, 2.05) is 21.1 Å². The molecule has 0 spiro atoms. The van der Waals surface area contributed by atoms with Crippen LogP contribution in [0.15, 0.2) is 0 Å². The molecular formula is C11H29N2O5P. The van der Waals surface area contributed by atoms with E-state index in [0.717, 1.165) is 25.7 Å². The van der Waals surface area contributed by atoms with Crippen molar-refractivity contribution in [1.29, 1.82) is 0 Å². The Balaban J connectivity index is 0. The molecule has 0 aromatic heterocycles. The molecule has 0 aliphatic rings. The number of hydrogen-bond acceptors (Lipinski definition) is 5. The van der Waals surface area contributed by atoms with Crippen LogP contribution in [0.5, 0.6) is 0 Å². The summed E-state index contributed by atoms with van der Waals surface area (Å²) in [6.07, 6.45) is 3.28. The molecule has 0 amide bonds. The van der Waals surface area contributed by atoms with Gasteiger partial charge in [-0.15, -0.1) is 0 Å². The summed E-state index contributed by atoms with van der Waals surface area (Å²) in [6, 6.07) is 0. The Kier molecular flexibility index (Phi) is 11.0. The minimum Gasteiger partial charge on any atom is -0.870 e. The average molecular weight is 300 g/mol. The smallest absolute Gasteiger partial charge is 0.476 e. The zero-order valence-electron chi connectivity index (χ0n) is 12.4. The maximum Gasteiger partial charge on any atom is 0.476 e. The fraction of sp³-hybridized carbons (Fsp3) is 1.00. The molecule has 2 unspecified atom stereocenters. The van der Waals surface area contributed by atoms with Gasteiger partial charge in [-0.05, 0) is 19.4 Å². The summed E-state index contributed by atoms with van der Waals surface area (Å²) >= 11 is 0. The van der Waals surface area contributed by atoms with Gasteiger partial charge in [-0.1, -0.05) is 12.8 Å². The third kappa shape index (κ3) is 11.5. The Morgan fingerprint density at radius 1 is 1.21 bits per heavy atom. The van der Waals surface area contributed by atoms with E-state index in [1.54, 1.807) is 6.92 Å². The van der Waals surface area contributed by atoms with E-state index >= 15 is 0 Å². The average Bonchev–Trinajstić information content (AvgIpc) is 2.21. The molecule has 118 valence electrons. The van der Waals surface area contributed by atoms with Crippen LogP contribution in [0.25, 0.3) is 0 Å². The first-order valence-electron chi connectivity index (χ1n) is 6.36. The molecule has 7 nitrogen and oxygen atoms in total. The highest BCUT2D eigenvalue weighted by molar-refractivity contribution is 7.47. The molecular weight excluding hydrogens is 271 g/mol. The molecule has 2 atom stereocenters. The first-order valence-corrected chi connectivity index (χ1v) is 7.85. The molecule has 0 aromatic carbocycles. The monoisotopic (exact) mass is 300 g/mol. The lowest BCUT2D eigenvalue weighted by atomic mass is 10.2. The molecule has 0 heterocycles. The number of nitrogens with two attached hydrogens (primary N) is 1. The van der Waals surface area contributed by atoms with Crippen LogP contribution in [0.3, 0.4) is 0 Å². The predicted octanol–water partition coefficient (Wildman–Crippen LogP) is 1.51. The number of phosphoric ester groups is 1. The van der Waals surface area contributed by atoms with Gasteiger partial charge in [0, 0.05) is 6.92 Å². The molecule has 0 aliphatic heterocycles. The molecule has 0 bridgehead atoms. The predicted molar refractivity (Wildman–Crippen MR) is 73.8 cm³/mol. The van der Waals surface area contributed by atoms with E-state index in [9.17, 15) is 9.46 Å². The SMILES string of the molecule is CC(OP(=O)(O)OCCCCCCN)[N+](C)(C)C.[OH-]. The number of nitrogens with zero attached hydrogens (tertiary/aromatic N) is 1. The summed E-state index contributed by atoms with van der Waals surface area (Å²) in [5.41, 5.74) is 5.37. The second kappa shape index (κ2) is 9.83. The lowest BCUT2D eigenvalue weighted by Crippen LogP contribution is -2.44. The number of hydrogen-bond donors (Lipinski definition) is 2. The summed E-state index contributed by atoms with van der Waals surface area (Å²) in [5.74, 6) is 0. The topological polar surface area (TPSA) is 112 Å². The zero-order chi connectivity index (χ0) is 14.2. The zero-order valence-corrected chi connectivity index (χ0v) is 13.3. The van der Waals surface area contributed by atoms with Crippen LogP contribution in [0.4, 0.5) is 0 Å². The summed E-state index contributed by atoms with van der Waals surface area (Å²) in [7, 11) is 1.72. The normalized spacial score (nSPS) is 16.5. The van der Waals surface area contributed by atoms with Crippen LogP contribution in [0.2, 0.25) is 0 Å². The first-order chi connectivity index (χ1) is 8.19. The van der Waals surface area contributed by atoms with Crippen molar-refractivity contribution in [2.75, 3.05) is 34.3 Å². The van der Waals surface area contributed by atoms with Gasteiger partial charge < -0.3 is 20.6 Å². The van der Waals surface area contributed by atoms with Crippen molar-refractivity contribution in [2.45, 2.75) is 38.8 Å². The van der Waals surface area contributed by atoms with E-state index in [1.165, 1.54) is 0 Å². The number of quaternary nitrogens is 1. The summed E-state index contributed by atoms with van der Waals surface area (Å²) in [6.45, 7) is 2.67. The third-order valence-electron chi connectivity index (χ3n) is 2.73. The summed E-state index contributed by atoms with van der Waals surface area (Å²) in [5, 5.41) is 0. The van der Waals surface area contributed by atoms with E-state index < -0.39 is 14.1 Å². The molecule has 0 rings (SSSR count). The first kappa shape index (κ1) is 21.3. The van der Waals surface area contributed by atoms with Crippen LogP contribution in [0.1, 0.15) is 32.6 Å². The van der Waals surface area contributed by atoms with Crippen molar-refractivity contribution in [1.82, 2.24) is 0 Å². The minimum absolute atomic E-state index is 0. The Morgan fingerprint density at radius 2 is 1.74 bits per heavy atom. The van der Waals surface area contributed by atoms with Crippen LogP contribution >= 0.6 is 7.82 Å². The lowest BCUT2D eigenvalue weighted by molar-refractivity contribution is -0.913. The highest BCUT2D eigenvalue weighted by Crippen LogP contribution is 2.45. The minimum atomic E-state index is -3.94. The molecule has 0 saturated heterocycles. The van der Waals surface area contributed by atoms with Gasteiger partial charge in [-0.25, -0.2) is 9.09 Å². The molecule has 0 radical (unpaired) electrons. The third-order valence-corrected chi connectivity index (χ3v) is 3.81. The van der Waals surface area contributed by atoms with E-state index in [2.05, 4.69) is 0 Å². The van der Waals surface area contributed by atoms with Crippen molar-refractivity contribution in [3.63, 3.8) is 0 Å². The van der Waals surface area contributed by atoms with Gasteiger partial charge in [-0.3, -0.25) is 4.52 Å². The van der Waals surface area contributed by atoms with Gasteiger partial charge in [0.25, 0.3) is 0 Å². The van der Waals surface area contributed by atoms with Crippen molar-refractivity contribution < 1.29 is 28.5 Å². The maximum absolute atomic E-state index is 11.6. The van der Waals surface area contributed by atoms with Gasteiger partial charge >= 0.3 is 7.82 Å². The quantitative estimate of drug-likeness (QED) is 0.274. The van der Waals surface area contributed by atoms with Crippen LogP contribution in [-0.4, -0.2) is 55.4 Å². The van der Waals surface area contributed by atoms with Crippen molar-refractivity contribution in [3.8, 4) is 0 Å². The molecule has 4 N–H and O–H groups in total. The van der Waals surface area contributed by atoms with E-state index in [-0.39, 0.29) is 12.1 Å². The van der Waals surface area contributed by atoms with Crippen LogP contribution in [-0.2, 0) is 13.6 Å². The lowest BCUT2D eigenvalue weighted by Gasteiger charge is -2.31. The fourth-order valence-corrected chi connectivity index (χ4v) is 2.23. The number of rotatable bonds is 10. The Bertz CT molecular complexity index is 270. The number of phosphoric acid groups is 1. The maximum atomic E-state index is 11.6. The van der Waals surface area contributed by atoms with Gasteiger partial charge in [-0.2, -0.15) is 0 Å². The van der Waals surface area contributed by atoms with Crippen LogP contribution < -0.4 is 5.73 Å².